The summed E-state index contributed by atoms with van der Waals surface area (Å²) in [6.07, 6.45) is 2.61. The van der Waals surface area contributed by atoms with Crippen LogP contribution < -0.4 is 5.73 Å². The van der Waals surface area contributed by atoms with Gasteiger partial charge in [0.05, 0.1) is 11.1 Å². The summed E-state index contributed by atoms with van der Waals surface area (Å²) in [6.45, 7) is 1.29. The van der Waals surface area contributed by atoms with Gasteiger partial charge in [-0.2, -0.15) is 13.2 Å². The van der Waals surface area contributed by atoms with Crippen LogP contribution in [-0.2, 0) is 33.5 Å². The number of aliphatic hydroxyl groups excluding tert-OH is 2. The van der Waals surface area contributed by atoms with Crippen LogP contribution in [0.15, 0.2) is 23.0 Å². The van der Waals surface area contributed by atoms with E-state index >= 15 is 0 Å². The largest absolute Gasteiger partial charge is 0.508 e. The SMILES string of the molecule is NC(=O)C1=C(O)[C@@]2(O)C(=O)C3=C(O)c4c(O)cc(CN(CC5CCCCCC5)CC5CC5)c(C(F)(F)F)c4CC3C[C@H]2CC1=O. The van der Waals surface area contributed by atoms with Crippen LogP contribution in [0, 0.1) is 23.7 Å². The molecule has 0 bridgehead atoms. The van der Waals surface area contributed by atoms with Crippen molar-refractivity contribution in [3.63, 3.8) is 0 Å². The lowest BCUT2D eigenvalue weighted by molar-refractivity contribution is -0.147. The van der Waals surface area contributed by atoms with E-state index in [9.17, 15) is 48.0 Å². The first-order valence-corrected chi connectivity index (χ1v) is 15.9. The van der Waals surface area contributed by atoms with Gasteiger partial charge in [-0.05, 0) is 73.5 Å². The van der Waals surface area contributed by atoms with Gasteiger partial charge in [0.2, 0.25) is 5.78 Å². The van der Waals surface area contributed by atoms with Gasteiger partial charge in [0.15, 0.2) is 11.4 Å². The zero-order chi connectivity index (χ0) is 32.4. The minimum absolute atomic E-state index is 0.0327. The molecule has 0 spiro atoms. The molecular weight excluding hydrogens is 593 g/mol. The van der Waals surface area contributed by atoms with Crippen molar-refractivity contribution in [2.24, 2.45) is 29.4 Å². The second-order valence-electron chi connectivity index (χ2n) is 13.7. The van der Waals surface area contributed by atoms with Gasteiger partial charge in [-0.1, -0.05) is 25.7 Å². The van der Waals surface area contributed by atoms with Gasteiger partial charge in [0.25, 0.3) is 5.91 Å². The zero-order valence-corrected chi connectivity index (χ0v) is 25.0. The molecule has 6 rings (SSSR count). The van der Waals surface area contributed by atoms with E-state index in [4.69, 9.17) is 5.73 Å². The van der Waals surface area contributed by atoms with Gasteiger partial charge in [-0.3, -0.25) is 19.3 Å². The van der Waals surface area contributed by atoms with E-state index in [0.29, 0.717) is 24.9 Å². The van der Waals surface area contributed by atoms with E-state index in [-0.39, 0.29) is 24.1 Å². The number of aromatic hydroxyl groups is 1. The number of hydrogen-bond donors (Lipinski definition) is 5. The fourth-order valence-corrected chi connectivity index (χ4v) is 8.26. The molecule has 3 saturated carbocycles. The molecule has 9 nitrogen and oxygen atoms in total. The number of benzene rings is 1. The number of nitrogens with two attached hydrogens (primary N) is 1. The number of amides is 1. The third-order valence-electron chi connectivity index (χ3n) is 10.5. The first-order valence-electron chi connectivity index (χ1n) is 15.9. The first kappa shape index (κ1) is 31.6. The van der Waals surface area contributed by atoms with Crippen LogP contribution in [-0.4, -0.2) is 61.5 Å². The average molecular weight is 633 g/mol. The maximum absolute atomic E-state index is 15.0. The Morgan fingerprint density at radius 2 is 1.60 bits per heavy atom. The summed E-state index contributed by atoms with van der Waals surface area (Å²) >= 11 is 0. The van der Waals surface area contributed by atoms with Gasteiger partial charge in [-0.15, -0.1) is 0 Å². The quantitative estimate of drug-likeness (QED) is 0.215. The maximum Gasteiger partial charge on any atom is 0.417 e. The standard InChI is InChI=1S/C33H39F3N2O7/c34-33(35,36)27-19(15-38(14-17-7-8-17)13-16-5-3-1-2-4-6-16)11-22(39)25-21(27)10-18-9-20-12-23(40)26(31(37)44)30(43)32(20,45)29(42)24(18)28(25)41/h11,16-18,20,39,41,43,45H,1-10,12-15H2,(H2,37,44)/t18?,20-,32-/m0/s1. The van der Waals surface area contributed by atoms with Crippen LogP contribution >= 0.6 is 0 Å². The molecule has 6 N–H and O–H groups in total. The van der Waals surface area contributed by atoms with Gasteiger partial charge < -0.3 is 26.2 Å². The van der Waals surface area contributed by atoms with Crippen molar-refractivity contribution in [3.05, 3.63) is 45.2 Å². The molecule has 0 radical (unpaired) electrons. The Bertz CT molecular complexity index is 1500. The van der Waals surface area contributed by atoms with Crippen molar-refractivity contribution in [1.82, 2.24) is 4.90 Å². The van der Waals surface area contributed by atoms with Gasteiger partial charge in [-0.25, -0.2) is 0 Å². The Labute approximate surface area is 258 Å². The number of Topliss-reactive ketones (excluding diaryl/α,β-unsaturated/α-hetero) is 2. The summed E-state index contributed by atoms with van der Waals surface area (Å²) in [5.74, 6) is -7.77. The predicted molar refractivity (Wildman–Crippen MR) is 156 cm³/mol. The van der Waals surface area contributed by atoms with Crippen LogP contribution in [0.25, 0.3) is 5.76 Å². The Morgan fingerprint density at radius 3 is 2.18 bits per heavy atom. The van der Waals surface area contributed by atoms with Crippen molar-refractivity contribution in [2.45, 2.75) is 89.0 Å². The number of rotatable bonds is 7. The van der Waals surface area contributed by atoms with Crippen LogP contribution in [0.3, 0.4) is 0 Å². The Morgan fingerprint density at radius 1 is 0.978 bits per heavy atom. The number of alkyl halides is 3. The highest BCUT2D eigenvalue weighted by Crippen LogP contribution is 2.54. The first-order chi connectivity index (χ1) is 21.2. The highest BCUT2D eigenvalue weighted by Gasteiger charge is 2.60. The van der Waals surface area contributed by atoms with Crippen molar-refractivity contribution < 1.29 is 48.0 Å². The van der Waals surface area contributed by atoms with Crippen LogP contribution in [0.2, 0.25) is 0 Å². The molecule has 1 unspecified atom stereocenters. The number of phenols is 1. The third-order valence-corrected chi connectivity index (χ3v) is 10.5. The molecule has 45 heavy (non-hydrogen) atoms. The number of nitrogens with zero attached hydrogens (tertiary/aromatic N) is 1. The third kappa shape index (κ3) is 5.54. The van der Waals surface area contributed by atoms with E-state index < -0.39 is 93.5 Å². The Kier molecular flexibility index (Phi) is 8.04. The molecule has 0 aliphatic heterocycles. The number of primary amides is 1. The van der Waals surface area contributed by atoms with Crippen molar-refractivity contribution in [2.75, 3.05) is 13.1 Å². The second kappa shape index (κ2) is 11.5. The number of halogens is 3. The molecule has 0 aromatic heterocycles. The highest BCUT2D eigenvalue weighted by atomic mass is 19.4. The van der Waals surface area contributed by atoms with Gasteiger partial charge in [0.1, 0.15) is 22.8 Å². The summed E-state index contributed by atoms with van der Waals surface area (Å²) < 4.78 is 44.9. The number of carbonyl (C=O) groups excluding carboxylic acids is 3. The van der Waals surface area contributed by atoms with E-state index in [1.165, 1.54) is 0 Å². The zero-order valence-electron chi connectivity index (χ0n) is 25.0. The Hall–Kier alpha value is -3.38. The number of ketones is 2. The molecule has 12 heteroatoms. The summed E-state index contributed by atoms with van der Waals surface area (Å²) in [7, 11) is 0. The monoisotopic (exact) mass is 632 g/mol. The van der Waals surface area contributed by atoms with Crippen LogP contribution in [0.5, 0.6) is 5.75 Å². The molecule has 3 fully saturated rings. The topological polar surface area (TPSA) is 161 Å². The van der Waals surface area contributed by atoms with E-state index in [1.807, 2.05) is 0 Å². The summed E-state index contributed by atoms with van der Waals surface area (Å²) in [6, 6.07) is 1.01. The van der Waals surface area contributed by atoms with Crippen molar-refractivity contribution in [1.29, 1.82) is 0 Å². The average Bonchev–Trinajstić information content (AvgIpc) is 3.77. The predicted octanol–water partition coefficient (Wildman–Crippen LogP) is 4.63. The van der Waals surface area contributed by atoms with Crippen molar-refractivity contribution >= 4 is 23.2 Å². The van der Waals surface area contributed by atoms with E-state index in [0.717, 1.165) is 57.4 Å². The van der Waals surface area contributed by atoms with E-state index in [1.54, 1.807) is 0 Å². The lowest BCUT2D eigenvalue weighted by Crippen LogP contribution is -2.58. The fourth-order valence-electron chi connectivity index (χ4n) is 8.26. The molecule has 3 atom stereocenters. The molecule has 1 amide bonds. The maximum atomic E-state index is 15.0. The Balaban J connectivity index is 1.42. The molecule has 244 valence electrons. The fraction of sp³-hybridized carbons (Fsp3) is 0.606. The number of phenolic OH excluding ortho intramolecular Hbond substituents is 1. The number of fused-ring (bicyclic) bond motifs is 3. The lowest BCUT2D eigenvalue weighted by atomic mass is 9.59. The highest BCUT2D eigenvalue weighted by molar-refractivity contribution is 6.22. The van der Waals surface area contributed by atoms with Crippen LogP contribution in [0.1, 0.15) is 86.5 Å². The minimum atomic E-state index is -4.85. The molecule has 5 aliphatic rings. The number of aliphatic hydroxyl groups is 3. The summed E-state index contributed by atoms with van der Waals surface area (Å²) in [5.41, 5.74) is -0.929. The molecule has 5 aliphatic carbocycles. The normalized spacial score (nSPS) is 27.8. The van der Waals surface area contributed by atoms with E-state index in [2.05, 4.69) is 4.90 Å². The number of hydrogen-bond acceptors (Lipinski definition) is 8. The van der Waals surface area contributed by atoms with Crippen molar-refractivity contribution in [3.8, 4) is 5.75 Å². The van der Waals surface area contributed by atoms with Crippen LogP contribution in [0.4, 0.5) is 13.2 Å². The van der Waals surface area contributed by atoms with Gasteiger partial charge in [0, 0.05) is 37.5 Å². The minimum Gasteiger partial charge on any atom is -0.508 e. The molecular formula is C33H39F3N2O7. The smallest absolute Gasteiger partial charge is 0.417 e. The second-order valence-corrected chi connectivity index (χ2v) is 13.7. The molecule has 1 aromatic carbocycles. The summed E-state index contributed by atoms with van der Waals surface area (Å²) in [4.78, 5) is 40.2. The van der Waals surface area contributed by atoms with Gasteiger partial charge >= 0.3 is 6.18 Å². The summed E-state index contributed by atoms with van der Waals surface area (Å²) in [5, 5.41) is 44.5. The lowest BCUT2D eigenvalue weighted by Gasteiger charge is -2.46. The molecule has 0 heterocycles. The number of carbonyl (C=O) groups is 3. The molecule has 0 saturated heterocycles. The molecule has 1 aromatic rings.